The summed E-state index contributed by atoms with van der Waals surface area (Å²) in [6, 6.07) is 15.6. The minimum atomic E-state index is -0.379. The molecule has 2 aromatic carbocycles. The Labute approximate surface area is 180 Å². The van der Waals surface area contributed by atoms with Crippen molar-refractivity contribution in [1.29, 1.82) is 0 Å². The smallest absolute Gasteiger partial charge is 0.291 e. The first-order chi connectivity index (χ1) is 14.8. The van der Waals surface area contributed by atoms with Gasteiger partial charge in [-0.05, 0) is 54.4 Å². The maximum absolute atomic E-state index is 12.6. The molecule has 3 N–H and O–H groups in total. The first kappa shape index (κ1) is 21.8. The maximum Gasteiger partial charge on any atom is 0.291 e. The highest BCUT2D eigenvalue weighted by Gasteiger charge is 2.13. The second-order valence-electron chi connectivity index (χ2n) is 7.48. The van der Waals surface area contributed by atoms with Gasteiger partial charge >= 0.3 is 0 Å². The molecular weight excluding hydrogens is 394 g/mol. The van der Waals surface area contributed by atoms with Crippen LogP contribution >= 0.6 is 0 Å². The zero-order chi connectivity index (χ0) is 22.4. The molecule has 0 unspecified atom stereocenters. The highest BCUT2D eigenvalue weighted by atomic mass is 16.3. The molecule has 7 nitrogen and oxygen atoms in total. The van der Waals surface area contributed by atoms with Crippen LogP contribution in [0.3, 0.4) is 0 Å². The van der Waals surface area contributed by atoms with Crippen molar-refractivity contribution in [3.8, 4) is 0 Å². The third kappa shape index (κ3) is 5.82. The monoisotopic (exact) mass is 419 g/mol. The van der Waals surface area contributed by atoms with Crippen LogP contribution in [-0.2, 0) is 11.3 Å². The van der Waals surface area contributed by atoms with E-state index >= 15 is 0 Å². The van der Waals surface area contributed by atoms with Crippen molar-refractivity contribution in [2.45, 2.75) is 27.3 Å². The van der Waals surface area contributed by atoms with E-state index in [-0.39, 0.29) is 29.4 Å². The van der Waals surface area contributed by atoms with Gasteiger partial charge in [0.05, 0.1) is 6.26 Å². The summed E-state index contributed by atoms with van der Waals surface area (Å²) in [7, 11) is 0. The predicted octanol–water partition coefficient (Wildman–Crippen LogP) is 4.36. The van der Waals surface area contributed by atoms with Crippen LogP contribution in [0.25, 0.3) is 0 Å². The summed E-state index contributed by atoms with van der Waals surface area (Å²) in [5.74, 6) is -0.583. The Morgan fingerprint density at radius 1 is 0.935 bits per heavy atom. The Morgan fingerprint density at radius 3 is 2.32 bits per heavy atom. The van der Waals surface area contributed by atoms with Crippen molar-refractivity contribution in [1.82, 2.24) is 5.32 Å². The maximum atomic E-state index is 12.6. The van der Waals surface area contributed by atoms with Gasteiger partial charge in [0, 0.05) is 29.4 Å². The van der Waals surface area contributed by atoms with Gasteiger partial charge in [-0.25, -0.2) is 0 Å². The largest absolute Gasteiger partial charge is 0.459 e. The molecular formula is C24H25N3O4. The summed E-state index contributed by atoms with van der Waals surface area (Å²) < 4.78 is 5.10. The second-order valence-corrected chi connectivity index (χ2v) is 7.48. The summed E-state index contributed by atoms with van der Waals surface area (Å²) in [4.78, 5) is 36.6. The summed E-state index contributed by atoms with van der Waals surface area (Å²) in [5, 5.41) is 8.46. The summed E-state index contributed by atoms with van der Waals surface area (Å²) in [6.45, 7) is 5.84. The van der Waals surface area contributed by atoms with E-state index < -0.39 is 0 Å². The van der Waals surface area contributed by atoms with Crippen LogP contribution in [0.4, 0.5) is 11.4 Å². The van der Waals surface area contributed by atoms with Crippen LogP contribution in [0.15, 0.2) is 65.3 Å². The van der Waals surface area contributed by atoms with Crippen molar-refractivity contribution >= 4 is 29.1 Å². The molecule has 31 heavy (non-hydrogen) atoms. The summed E-state index contributed by atoms with van der Waals surface area (Å²) in [6.07, 6.45) is 1.43. The fraction of sp³-hybridized carbons (Fsp3) is 0.208. The van der Waals surface area contributed by atoms with E-state index in [1.54, 1.807) is 42.5 Å². The van der Waals surface area contributed by atoms with E-state index in [1.165, 1.54) is 6.26 Å². The van der Waals surface area contributed by atoms with Gasteiger partial charge in [-0.2, -0.15) is 0 Å². The Kier molecular flexibility index (Phi) is 6.87. The fourth-order valence-corrected chi connectivity index (χ4v) is 2.77. The highest BCUT2D eigenvalue weighted by molar-refractivity contribution is 6.04. The molecule has 1 aromatic heterocycles. The molecule has 0 aliphatic heterocycles. The molecule has 0 atom stereocenters. The van der Waals surface area contributed by atoms with E-state index in [9.17, 15) is 14.4 Å². The van der Waals surface area contributed by atoms with Crippen LogP contribution in [0.2, 0.25) is 0 Å². The molecule has 0 saturated carbocycles. The van der Waals surface area contributed by atoms with Gasteiger partial charge < -0.3 is 20.4 Å². The minimum Gasteiger partial charge on any atom is -0.459 e. The van der Waals surface area contributed by atoms with E-state index in [0.717, 1.165) is 11.1 Å². The molecule has 160 valence electrons. The van der Waals surface area contributed by atoms with Crippen molar-refractivity contribution in [3.63, 3.8) is 0 Å². The van der Waals surface area contributed by atoms with Crippen LogP contribution in [0.1, 0.15) is 45.9 Å². The molecule has 3 aromatic rings. The van der Waals surface area contributed by atoms with Crippen molar-refractivity contribution in [2.75, 3.05) is 10.6 Å². The van der Waals surface area contributed by atoms with Gasteiger partial charge in [-0.3, -0.25) is 14.4 Å². The zero-order valence-electron chi connectivity index (χ0n) is 17.7. The van der Waals surface area contributed by atoms with Crippen LogP contribution in [0.5, 0.6) is 0 Å². The third-order valence-corrected chi connectivity index (χ3v) is 4.69. The molecule has 0 aliphatic carbocycles. The minimum absolute atomic E-state index is 0.0460. The number of rotatable bonds is 7. The molecule has 0 spiro atoms. The molecule has 7 heteroatoms. The molecule has 0 saturated heterocycles. The molecule has 0 aliphatic rings. The lowest BCUT2D eigenvalue weighted by Gasteiger charge is -2.11. The van der Waals surface area contributed by atoms with Gasteiger partial charge in [0.1, 0.15) is 0 Å². The van der Waals surface area contributed by atoms with E-state index in [4.69, 9.17) is 4.42 Å². The lowest BCUT2D eigenvalue weighted by atomic mass is 10.1. The number of aryl methyl sites for hydroxylation is 1. The van der Waals surface area contributed by atoms with Crippen molar-refractivity contribution < 1.29 is 18.8 Å². The third-order valence-electron chi connectivity index (χ3n) is 4.69. The van der Waals surface area contributed by atoms with Crippen LogP contribution < -0.4 is 16.0 Å². The van der Waals surface area contributed by atoms with E-state index in [0.29, 0.717) is 23.5 Å². The lowest BCUT2D eigenvalue weighted by Crippen LogP contribution is -2.23. The Bertz CT molecular complexity index is 1070. The second kappa shape index (κ2) is 9.75. The SMILES string of the molecule is Cc1ccc(C(=O)NCc2ccc(NC(=O)C(C)C)cc2)cc1NC(=O)c1ccco1. The summed E-state index contributed by atoms with van der Waals surface area (Å²) in [5.41, 5.74) is 3.41. The highest BCUT2D eigenvalue weighted by Crippen LogP contribution is 2.18. The summed E-state index contributed by atoms with van der Waals surface area (Å²) >= 11 is 0. The number of benzene rings is 2. The number of carbonyl (C=O) groups is 3. The number of carbonyl (C=O) groups excluding carboxylic acids is 3. The molecule has 0 bridgehead atoms. The molecule has 1 heterocycles. The van der Waals surface area contributed by atoms with Gasteiger partial charge in [0.2, 0.25) is 5.91 Å². The number of hydrogen-bond acceptors (Lipinski definition) is 4. The van der Waals surface area contributed by atoms with Gasteiger partial charge in [-0.1, -0.05) is 32.0 Å². The average Bonchev–Trinajstić information content (AvgIpc) is 3.29. The van der Waals surface area contributed by atoms with Gasteiger partial charge in [0.15, 0.2) is 5.76 Å². The Morgan fingerprint density at radius 2 is 1.68 bits per heavy atom. The number of furan rings is 1. The average molecular weight is 419 g/mol. The standard InChI is InChI=1S/C24H25N3O4/c1-15(2)22(28)26-19-10-7-17(8-11-19)14-25-23(29)18-9-6-16(3)20(13-18)27-24(30)21-5-4-12-31-21/h4-13,15H,14H2,1-3H3,(H,25,29)(H,26,28)(H,27,30). The van der Waals surface area contributed by atoms with E-state index in [2.05, 4.69) is 16.0 Å². The zero-order valence-corrected chi connectivity index (χ0v) is 17.7. The quantitative estimate of drug-likeness (QED) is 0.529. The number of amides is 3. The first-order valence-electron chi connectivity index (χ1n) is 9.97. The van der Waals surface area contributed by atoms with Crippen LogP contribution in [-0.4, -0.2) is 17.7 Å². The number of anilines is 2. The predicted molar refractivity (Wildman–Crippen MR) is 119 cm³/mol. The molecule has 3 rings (SSSR count). The first-order valence-corrected chi connectivity index (χ1v) is 9.97. The number of hydrogen-bond donors (Lipinski definition) is 3. The van der Waals surface area contributed by atoms with Gasteiger partial charge in [-0.15, -0.1) is 0 Å². The topological polar surface area (TPSA) is 100 Å². The van der Waals surface area contributed by atoms with Crippen molar-refractivity contribution in [2.24, 2.45) is 5.92 Å². The molecule has 0 fully saturated rings. The Hall–Kier alpha value is -3.87. The Balaban J connectivity index is 1.60. The molecule has 0 radical (unpaired) electrons. The molecule has 3 amide bonds. The van der Waals surface area contributed by atoms with Crippen LogP contribution in [0, 0.1) is 12.8 Å². The normalized spacial score (nSPS) is 10.6. The van der Waals surface area contributed by atoms with Crippen molar-refractivity contribution in [3.05, 3.63) is 83.3 Å². The fourth-order valence-electron chi connectivity index (χ4n) is 2.77. The number of nitrogens with one attached hydrogen (secondary N) is 3. The lowest BCUT2D eigenvalue weighted by molar-refractivity contribution is -0.118. The van der Waals surface area contributed by atoms with E-state index in [1.807, 2.05) is 32.9 Å². The van der Waals surface area contributed by atoms with Gasteiger partial charge in [0.25, 0.3) is 11.8 Å².